The Kier molecular flexibility index (Phi) is 14.0. The summed E-state index contributed by atoms with van der Waals surface area (Å²) >= 11 is 0. The number of ether oxygens (including phenoxy) is 2. The Morgan fingerprint density at radius 1 is 1.10 bits per heavy atom. The zero-order valence-corrected chi connectivity index (χ0v) is 19.7. The molecule has 2 rings (SSSR count). The number of hydrogen-bond donors (Lipinski definition) is 3. The maximum absolute atomic E-state index is 10.9. The maximum Gasteiger partial charge on any atom is 0.215 e. The van der Waals surface area contributed by atoms with Crippen LogP contribution in [0.4, 0.5) is 0 Å². The molecule has 0 aromatic rings. The molecule has 2 saturated carbocycles. The largest absolute Gasteiger partial charge is 0.512 e. The van der Waals surface area contributed by atoms with Crippen molar-refractivity contribution in [2.45, 2.75) is 82.5 Å². The Bertz CT molecular complexity index is 626. The summed E-state index contributed by atoms with van der Waals surface area (Å²) in [5.41, 5.74) is 0. The first kappa shape index (κ1) is 29.7. The summed E-state index contributed by atoms with van der Waals surface area (Å²) in [6.07, 6.45) is 3.32. The van der Waals surface area contributed by atoms with Gasteiger partial charge in [-0.15, -0.1) is 0 Å². The van der Waals surface area contributed by atoms with E-state index < -0.39 is 24.3 Å². The monoisotopic (exact) mass is 482 g/mol. The van der Waals surface area contributed by atoms with E-state index in [4.69, 9.17) is 14.6 Å². The van der Waals surface area contributed by atoms with Gasteiger partial charge in [-0.25, -0.2) is 0 Å². The summed E-state index contributed by atoms with van der Waals surface area (Å²) in [4.78, 5) is 25.0. The molecule has 3 N–H and O–H groups in total. The van der Waals surface area contributed by atoms with Crippen LogP contribution >= 0.6 is 0 Å². The van der Waals surface area contributed by atoms with Crippen molar-refractivity contribution in [3.05, 3.63) is 21.9 Å². The Balaban J connectivity index is 0.000000975. The van der Waals surface area contributed by atoms with E-state index in [2.05, 4.69) is 4.99 Å². The molecule has 2 fully saturated rings. The number of aliphatic hydroxyl groups is 3. The Labute approximate surface area is 193 Å². The summed E-state index contributed by atoms with van der Waals surface area (Å²) in [5, 5.41) is 39.6. The van der Waals surface area contributed by atoms with E-state index in [1.165, 1.54) is 19.9 Å². The van der Waals surface area contributed by atoms with Gasteiger partial charge >= 0.3 is 0 Å². The topological polar surface area (TPSA) is 152 Å². The minimum Gasteiger partial charge on any atom is -0.512 e. The number of hydrogen-bond acceptors (Lipinski definition) is 9. The molecule has 0 saturated heterocycles. The van der Waals surface area contributed by atoms with E-state index in [1.54, 1.807) is 20.4 Å². The van der Waals surface area contributed by atoms with Crippen molar-refractivity contribution >= 4 is 12.0 Å². The molecule has 0 radical (unpaired) electrons. The third-order valence-electron chi connectivity index (χ3n) is 5.42. The fourth-order valence-electron chi connectivity index (χ4n) is 3.79. The third kappa shape index (κ3) is 10.2. The number of aliphatic hydroxyl groups excluding tert-OH is 3. The second kappa shape index (κ2) is 14.7. The third-order valence-corrected chi connectivity index (χ3v) is 5.42. The van der Waals surface area contributed by atoms with Crippen molar-refractivity contribution in [3.8, 4) is 0 Å². The molecule has 31 heavy (non-hydrogen) atoms. The van der Waals surface area contributed by atoms with Crippen LogP contribution in [-0.2, 0) is 31.6 Å². The number of methoxy groups -OCH3 is 2. The van der Waals surface area contributed by atoms with Gasteiger partial charge in [-0.1, -0.05) is 0 Å². The smallest absolute Gasteiger partial charge is 0.215 e. The minimum absolute atomic E-state index is 0. The van der Waals surface area contributed by atoms with E-state index in [1.807, 2.05) is 0 Å². The van der Waals surface area contributed by atoms with Crippen molar-refractivity contribution in [1.82, 2.24) is 0 Å². The van der Waals surface area contributed by atoms with Crippen LogP contribution in [0.2, 0.25) is 0 Å². The molecule has 2 aliphatic rings. The summed E-state index contributed by atoms with van der Waals surface area (Å²) in [6.45, 7) is 2.85. The molecular weight excluding hydrogens is 448 g/mol. The number of aliphatic imine (C=N–C) groups is 1. The van der Waals surface area contributed by atoms with Crippen LogP contribution in [0.3, 0.4) is 0 Å². The molecule has 7 unspecified atom stereocenters. The SMILES string of the molecule is CC(=O)/C=C(/C)O.COC1CC(O)C(C=NC2CC([N+](=O)[O-])CCC2O)C(OC)C1.[Cr]. The van der Waals surface area contributed by atoms with Crippen LogP contribution < -0.4 is 0 Å². The fraction of sp³-hybridized carbons (Fsp3) is 0.800. The Hall–Kier alpha value is -1.35. The average Bonchev–Trinajstić information content (AvgIpc) is 2.66. The molecule has 2 aliphatic carbocycles. The van der Waals surface area contributed by atoms with E-state index in [0.29, 0.717) is 25.7 Å². The van der Waals surface area contributed by atoms with Crippen LogP contribution in [0.5, 0.6) is 0 Å². The number of ketones is 1. The molecule has 0 spiro atoms. The van der Waals surface area contributed by atoms with Crippen LogP contribution in [0, 0.1) is 16.0 Å². The van der Waals surface area contributed by atoms with Gasteiger partial charge < -0.3 is 24.8 Å². The number of carbonyl (C=O) groups is 1. The Morgan fingerprint density at radius 3 is 2.19 bits per heavy atom. The molecule has 0 aromatic heterocycles. The Morgan fingerprint density at radius 2 is 1.74 bits per heavy atom. The molecule has 178 valence electrons. The second-order valence-electron chi connectivity index (χ2n) is 7.83. The van der Waals surface area contributed by atoms with Gasteiger partial charge in [0.1, 0.15) is 0 Å². The summed E-state index contributed by atoms with van der Waals surface area (Å²) in [5.74, 6) is -0.359. The zero-order chi connectivity index (χ0) is 22.8. The molecule has 0 aromatic carbocycles. The van der Waals surface area contributed by atoms with Gasteiger partial charge in [-0.3, -0.25) is 19.9 Å². The summed E-state index contributed by atoms with van der Waals surface area (Å²) in [6, 6.07) is -1.16. The maximum atomic E-state index is 10.9. The number of nitrogens with zero attached hydrogens (tertiary/aromatic N) is 2. The zero-order valence-electron chi connectivity index (χ0n) is 18.4. The minimum atomic E-state index is -0.670. The van der Waals surface area contributed by atoms with E-state index in [9.17, 15) is 25.1 Å². The number of allylic oxidation sites excluding steroid dienone is 2. The van der Waals surface area contributed by atoms with Gasteiger partial charge in [0, 0.05) is 80.4 Å². The average molecular weight is 482 g/mol. The first-order valence-electron chi connectivity index (χ1n) is 10.0. The molecule has 11 heteroatoms. The van der Waals surface area contributed by atoms with E-state index in [0.717, 1.165) is 0 Å². The molecule has 10 nitrogen and oxygen atoms in total. The van der Waals surface area contributed by atoms with Crippen LogP contribution in [0.1, 0.15) is 46.0 Å². The molecule has 0 aliphatic heterocycles. The normalized spacial score (nSPS) is 33.7. The standard InChI is InChI=1S/C15H26N2O6.C5H8O2.Cr/c1-22-10-6-14(19)11(15(7-10)23-2)8-16-12-5-9(17(20)21)3-4-13(12)18;1-4(6)3-5(2)7;/h8-15,18-19H,3-7H2,1-2H3;3,6H,1-2H3;/b;4-3-;. The first-order valence-corrected chi connectivity index (χ1v) is 10.0. The predicted molar refractivity (Wildman–Crippen MR) is 110 cm³/mol. The molecule has 7 atom stereocenters. The van der Waals surface area contributed by atoms with Crippen molar-refractivity contribution < 1.29 is 51.9 Å². The van der Waals surface area contributed by atoms with Crippen LogP contribution in [0.25, 0.3) is 0 Å². The second-order valence-corrected chi connectivity index (χ2v) is 7.83. The van der Waals surface area contributed by atoms with Gasteiger partial charge in [0.05, 0.1) is 36.2 Å². The fourth-order valence-corrected chi connectivity index (χ4v) is 3.79. The number of carbonyl (C=O) groups excluding carboxylic acids is 1. The van der Waals surface area contributed by atoms with Crippen molar-refractivity contribution in [1.29, 1.82) is 0 Å². The quantitative estimate of drug-likeness (QED) is 0.169. The molecule has 0 bridgehead atoms. The van der Waals surface area contributed by atoms with Gasteiger partial charge in [-0.05, 0) is 20.3 Å². The van der Waals surface area contributed by atoms with E-state index in [-0.39, 0.29) is 58.4 Å². The molecule has 0 amide bonds. The van der Waals surface area contributed by atoms with Crippen molar-refractivity contribution in [2.24, 2.45) is 10.9 Å². The van der Waals surface area contributed by atoms with Gasteiger partial charge in [-0.2, -0.15) is 0 Å². The predicted octanol–water partition coefficient (Wildman–Crippen LogP) is 1.45. The summed E-state index contributed by atoms with van der Waals surface area (Å²) < 4.78 is 10.7. The van der Waals surface area contributed by atoms with E-state index >= 15 is 0 Å². The van der Waals surface area contributed by atoms with Crippen molar-refractivity contribution in [2.75, 3.05) is 14.2 Å². The van der Waals surface area contributed by atoms with Gasteiger partial charge in [0.15, 0.2) is 5.78 Å². The van der Waals surface area contributed by atoms with Gasteiger partial charge in [0.2, 0.25) is 6.04 Å². The summed E-state index contributed by atoms with van der Waals surface area (Å²) in [7, 11) is 3.18. The van der Waals surface area contributed by atoms with Crippen molar-refractivity contribution in [3.63, 3.8) is 0 Å². The van der Waals surface area contributed by atoms with Gasteiger partial charge in [0.25, 0.3) is 0 Å². The number of rotatable bonds is 6. The number of nitro groups is 1. The first-order chi connectivity index (χ1) is 14.1. The van der Waals surface area contributed by atoms with Crippen LogP contribution in [0.15, 0.2) is 16.8 Å². The van der Waals surface area contributed by atoms with Crippen LogP contribution in [-0.4, -0.2) is 83.0 Å². The molecular formula is C20H34CrN2O8. The molecule has 0 heterocycles.